The van der Waals surface area contributed by atoms with Crippen LogP contribution in [0.25, 0.3) is 35.3 Å². The first-order valence-electron chi connectivity index (χ1n) is 10.00. The first-order chi connectivity index (χ1) is 15.7. The minimum absolute atomic E-state index is 0.0928. The Kier molecular flexibility index (Phi) is 4.51. The molecule has 0 radical (unpaired) electrons. The van der Waals surface area contributed by atoms with Crippen LogP contribution in [0.5, 0.6) is 0 Å². The lowest BCUT2D eigenvalue weighted by atomic mass is 9.74. The van der Waals surface area contributed by atoms with Crippen LogP contribution in [0.3, 0.4) is 0 Å². The van der Waals surface area contributed by atoms with Crippen molar-refractivity contribution in [3.63, 3.8) is 0 Å². The van der Waals surface area contributed by atoms with Gasteiger partial charge in [0.2, 0.25) is 5.00 Å². The topological polar surface area (TPSA) is 68.7 Å². The number of nitriles is 2. The first-order valence-corrected chi connectivity index (χ1v) is 12.4. The molecule has 0 fully saturated rings. The zero-order valence-corrected chi connectivity index (χ0v) is 20.6. The van der Waals surface area contributed by atoms with E-state index >= 15 is 0 Å². The Morgan fingerprint density at radius 1 is 0.879 bits per heavy atom. The maximum Gasteiger partial charge on any atom is 0.350 e. The molecular weight excluding hydrogens is 467 g/mol. The molecule has 2 aliphatic carbocycles. The summed E-state index contributed by atoms with van der Waals surface area (Å²) in [6.45, 7) is 23.2. The number of nitrogens with zero attached hydrogens (tertiary/aromatic N) is 5. The van der Waals surface area contributed by atoms with Crippen LogP contribution in [0.15, 0.2) is 22.8 Å². The lowest BCUT2D eigenvalue weighted by Crippen LogP contribution is -2.22. The summed E-state index contributed by atoms with van der Waals surface area (Å²) in [4.78, 5) is 16.6. The Morgan fingerprint density at radius 3 is 2.03 bits per heavy atom. The van der Waals surface area contributed by atoms with Gasteiger partial charge in [-0.1, -0.05) is 50.6 Å². The third kappa shape index (κ3) is 2.80. The number of rotatable bonds is 2. The Hall–Kier alpha value is -3.53. The Balaban J connectivity index is 1.70. The quantitative estimate of drug-likeness (QED) is 0.163. The predicted octanol–water partition coefficient (Wildman–Crippen LogP) is 7.74. The highest BCUT2D eigenvalue weighted by Crippen LogP contribution is 2.66. The van der Waals surface area contributed by atoms with E-state index in [2.05, 4.69) is 48.4 Å². The van der Waals surface area contributed by atoms with Crippen LogP contribution in [-0.2, 0) is 10.8 Å². The van der Waals surface area contributed by atoms with Gasteiger partial charge >= 0.3 is 5.84 Å². The fourth-order valence-corrected chi connectivity index (χ4v) is 9.16. The van der Waals surface area contributed by atoms with Crippen molar-refractivity contribution >= 4 is 50.9 Å². The molecule has 0 bridgehead atoms. The Labute approximate surface area is 203 Å². The molecule has 0 unspecified atom stereocenters. The molecule has 0 saturated carbocycles. The van der Waals surface area contributed by atoms with Gasteiger partial charge in [0.05, 0.1) is 17.5 Å². The van der Waals surface area contributed by atoms with E-state index in [1.165, 1.54) is 53.1 Å². The van der Waals surface area contributed by atoms with Crippen molar-refractivity contribution in [3.8, 4) is 31.6 Å². The minimum atomic E-state index is -0.212. The second-order valence-corrected chi connectivity index (χ2v) is 12.0. The lowest BCUT2D eigenvalue weighted by molar-refractivity contribution is 0.604. The molecule has 2 aliphatic rings. The standard InChI is InChI=1S/C25H15N5S3/c1-24(2)14-8-13(7-12(10-26)28-5)31-20(14)22-18(24)19-23(33-22)21-15(25(19,3)4)9-17(32-21)30-16(11-27)29-6/h7-9H,1-4H3/b12-7-,30-16?. The summed E-state index contributed by atoms with van der Waals surface area (Å²) < 4.78 is 0. The average molecular weight is 482 g/mol. The molecule has 3 aromatic rings. The van der Waals surface area contributed by atoms with Crippen LogP contribution in [0, 0.1) is 35.8 Å². The second-order valence-electron chi connectivity index (χ2n) is 8.89. The lowest BCUT2D eigenvalue weighted by Gasteiger charge is -2.28. The van der Waals surface area contributed by atoms with Gasteiger partial charge in [-0.25, -0.2) is 15.4 Å². The third-order valence-corrected chi connectivity index (χ3v) is 9.95. The molecule has 3 heterocycles. The van der Waals surface area contributed by atoms with Gasteiger partial charge in [0.15, 0.2) is 0 Å². The molecule has 33 heavy (non-hydrogen) atoms. The maximum absolute atomic E-state index is 9.15. The zero-order valence-electron chi connectivity index (χ0n) is 18.2. The van der Waals surface area contributed by atoms with Crippen LogP contribution in [0.4, 0.5) is 5.00 Å². The Bertz CT molecular complexity index is 1460. The fraction of sp³-hybridized carbons (Fsp3) is 0.240. The summed E-state index contributed by atoms with van der Waals surface area (Å²) in [6.07, 6.45) is 1.67. The van der Waals surface area contributed by atoms with Crippen LogP contribution >= 0.6 is 34.0 Å². The molecule has 8 heteroatoms. The number of fused-ring (bicyclic) bond motifs is 7. The highest BCUT2D eigenvalue weighted by molar-refractivity contribution is 7.28. The number of aliphatic imine (C=N–C) groups is 1. The number of thiophene rings is 3. The molecule has 3 aromatic heterocycles. The van der Waals surface area contributed by atoms with E-state index in [0.717, 1.165) is 4.88 Å². The van der Waals surface area contributed by atoms with E-state index < -0.39 is 0 Å². The minimum Gasteiger partial charge on any atom is -0.351 e. The Morgan fingerprint density at radius 2 is 1.48 bits per heavy atom. The molecule has 0 amide bonds. The molecule has 0 aromatic carbocycles. The molecule has 158 valence electrons. The van der Waals surface area contributed by atoms with E-state index in [9.17, 15) is 0 Å². The van der Waals surface area contributed by atoms with Gasteiger partial charge in [0, 0.05) is 36.4 Å². The number of hydrogen-bond acceptors (Lipinski definition) is 6. The smallest absolute Gasteiger partial charge is 0.350 e. The van der Waals surface area contributed by atoms with Crippen molar-refractivity contribution in [3.05, 3.63) is 67.8 Å². The molecule has 0 aliphatic heterocycles. The molecule has 5 rings (SSSR count). The van der Waals surface area contributed by atoms with Crippen LogP contribution < -0.4 is 0 Å². The van der Waals surface area contributed by atoms with Gasteiger partial charge in [-0.15, -0.1) is 22.7 Å². The van der Waals surface area contributed by atoms with Crippen molar-refractivity contribution in [2.75, 3.05) is 0 Å². The largest absolute Gasteiger partial charge is 0.351 e. The molecule has 5 nitrogen and oxygen atoms in total. The average Bonchev–Trinajstić information content (AvgIpc) is 3.54. The second kappa shape index (κ2) is 6.98. The van der Waals surface area contributed by atoms with Crippen LogP contribution in [0.2, 0.25) is 0 Å². The highest BCUT2D eigenvalue weighted by atomic mass is 32.1. The number of hydrogen-bond donors (Lipinski definition) is 0. The SMILES string of the molecule is [C-]#[N+]C(C#N)=Nc1cc2c(s1)-c1sc3c(c1C2(C)C)C(C)(C)c1cc(/C=C(/C#N)[N+]#[C-])sc1-3. The van der Waals surface area contributed by atoms with Crippen molar-refractivity contribution in [1.29, 1.82) is 10.5 Å². The molecule has 0 saturated heterocycles. The molecule has 0 N–H and O–H groups in total. The monoisotopic (exact) mass is 481 g/mol. The molecule has 0 atom stereocenters. The van der Waals surface area contributed by atoms with E-state index in [1.54, 1.807) is 28.7 Å². The molecule has 0 spiro atoms. The van der Waals surface area contributed by atoms with E-state index in [0.29, 0.717) is 5.00 Å². The van der Waals surface area contributed by atoms with Gasteiger partial charge in [-0.3, -0.25) is 0 Å². The van der Waals surface area contributed by atoms with Gasteiger partial charge in [0.25, 0.3) is 5.70 Å². The normalized spacial score (nSPS) is 16.6. The zero-order chi connectivity index (χ0) is 23.7. The van der Waals surface area contributed by atoms with Gasteiger partial charge in [0.1, 0.15) is 6.07 Å². The van der Waals surface area contributed by atoms with Crippen LogP contribution in [0.1, 0.15) is 54.8 Å². The van der Waals surface area contributed by atoms with E-state index in [-0.39, 0.29) is 22.4 Å². The summed E-state index contributed by atoms with van der Waals surface area (Å²) in [5.41, 5.74) is 4.86. The van der Waals surface area contributed by atoms with E-state index in [4.69, 9.17) is 23.7 Å². The van der Waals surface area contributed by atoms with Gasteiger partial charge in [-0.2, -0.15) is 0 Å². The molecular formula is C25H15N5S3. The number of amidine groups is 1. The van der Waals surface area contributed by atoms with Crippen molar-refractivity contribution in [2.24, 2.45) is 4.99 Å². The third-order valence-electron chi connectivity index (χ3n) is 6.32. The summed E-state index contributed by atoms with van der Waals surface area (Å²) in [6, 6.07) is 7.94. The fourth-order valence-electron chi connectivity index (χ4n) is 4.80. The first kappa shape index (κ1) is 21.3. The summed E-state index contributed by atoms with van der Waals surface area (Å²) in [5.74, 6) is -0.150. The van der Waals surface area contributed by atoms with Crippen molar-refractivity contribution in [1.82, 2.24) is 0 Å². The summed E-state index contributed by atoms with van der Waals surface area (Å²) in [5, 5.41) is 18.9. The maximum atomic E-state index is 9.15. The van der Waals surface area contributed by atoms with Gasteiger partial charge in [-0.05, 0) is 34.4 Å². The highest BCUT2D eigenvalue weighted by Gasteiger charge is 2.50. The van der Waals surface area contributed by atoms with Crippen molar-refractivity contribution < 1.29 is 0 Å². The summed E-state index contributed by atoms with van der Waals surface area (Å²) in [7, 11) is 0. The van der Waals surface area contributed by atoms with Crippen molar-refractivity contribution in [2.45, 2.75) is 38.5 Å². The van der Waals surface area contributed by atoms with Gasteiger partial charge < -0.3 is 4.85 Å². The van der Waals surface area contributed by atoms with Crippen LogP contribution in [-0.4, -0.2) is 5.84 Å². The van der Waals surface area contributed by atoms with E-state index in [1.807, 2.05) is 18.2 Å². The predicted molar refractivity (Wildman–Crippen MR) is 135 cm³/mol. The number of allylic oxidation sites excluding steroid dienone is 1. The summed E-state index contributed by atoms with van der Waals surface area (Å²) >= 11 is 4.96.